The predicted molar refractivity (Wildman–Crippen MR) is 80.8 cm³/mol. The molecule has 1 aromatic heterocycles. The van der Waals surface area contributed by atoms with Crippen LogP contribution in [-0.2, 0) is 6.54 Å². The molecule has 0 amide bonds. The number of hydrogen-bond donors (Lipinski definition) is 0. The first kappa shape index (κ1) is 15.0. The van der Waals surface area contributed by atoms with E-state index in [1.54, 1.807) is 7.11 Å². The lowest BCUT2D eigenvalue weighted by Crippen LogP contribution is -2.26. The number of aromatic nitrogens is 2. The highest BCUT2D eigenvalue weighted by molar-refractivity contribution is 5.76. The second kappa shape index (κ2) is 6.83. The zero-order chi connectivity index (χ0) is 15.2. The van der Waals surface area contributed by atoms with Crippen molar-refractivity contribution in [2.45, 2.75) is 26.3 Å². The van der Waals surface area contributed by atoms with Crippen molar-refractivity contribution in [3.05, 3.63) is 46.2 Å². The van der Waals surface area contributed by atoms with Gasteiger partial charge in [-0.2, -0.15) is 5.10 Å². The van der Waals surface area contributed by atoms with Crippen LogP contribution in [0.25, 0.3) is 11.3 Å². The Kier molecular flexibility index (Phi) is 4.87. The maximum Gasteiger partial charge on any atom is 0.277 e. The van der Waals surface area contributed by atoms with Gasteiger partial charge in [0.2, 0.25) is 0 Å². The molecule has 1 heterocycles. The molecule has 0 fully saturated rings. The summed E-state index contributed by atoms with van der Waals surface area (Å²) in [7, 11) is 1.60. The molecule has 0 spiro atoms. The van der Waals surface area contributed by atoms with E-state index < -0.39 is 0 Å². The Balaban J connectivity index is 2.46. The number of benzene rings is 1. The number of carbonyl (C=O) groups is 1. The van der Waals surface area contributed by atoms with Crippen LogP contribution in [0.1, 0.15) is 30.1 Å². The van der Waals surface area contributed by atoms with Crippen LogP contribution in [0.2, 0.25) is 0 Å². The van der Waals surface area contributed by atoms with E-state index in [0.29, 0.717) is 18.5 Å². The number of nitrogens with zero attached hydrogens (tertiary/aromatic N) is 2. The highest BCUT2D eigenvalue weighted by atomic mass is 16.5. The molecule has 2 rings (SSSR count). The van der Waals surface area contributed by atoms with Gasteiger partial charge >= 0.3 is 0 Å². The summed E-state index contributed by atoms with van der Waals surface area (Å²) in [5.41, 5.74) is 1.24. The number of rotatable bonds is 6. The van der Waals surface area contributed by atoms with E-state index in [4.69, 9.17) is 4.74 Å². The lowest BCUT2D eigenvalue weighted by Gasteiger charge is -2.08. The van der Waals surface area contributed by atoms with Gasteiger partial charge in [0, 0.05) is 12.1 Å². The molecule has 5 heteroatoms. The van der Waals surface area contributed by atoms with Gasteiger partial charge in [0.15, 0.2) is 6.29 Å². The lowest BCUT2D eigenvalue weighted by atomic mass is 10.1. The Morgan fingerprint density at radius 2 is 2.00 bits per heavy atom. The predicted octanol–water partition coefficient (Wildman–Crippen LogP) is 2.53. The Morgan fingerprint density at radius 1 is 1.29 bits per heavy atom. The molecule has 0 unspecified atom stereocenters. The Morgan fingerprint density at radius 3 is 2.57 bits per heavy atom. The van der Waals surface area contributed by atoms with Gasteiger partial charge in [-0.05, 0) is 36.8 Å². The minimum absolute atomic E-state index is 0.131. The summed E-state index contributed by atoms with van der Waals surface area (Å²) in [5.74, 6) is 0.744. The van der Waals surface area contributed by atoms with Gasteiger partial charge in [-0.1, -0.05) is 13.3 Å². The van der Waals surface area contributed by atoms with Crippen molar-refractivity contribution in [3.8, 4) is 17.0 Å². The minimum Gasteiger partial charge on any atom is -0.497 e. The van der Waals surface area contributed by atoms with Crippen molar-refractivity contribution in [1.29, 1.82) is 0 Å². The number of ether oxygens (including phenoxy) is 1. The summed E-state index contributed by atoms with van der Waals surface area (Å²) in [4.78, 5) is 23.1. The van der Waals surface area contributed by atoms with Gasteiger partial charge in [0.25, 0.3) is 5.56 Å². The summed E-state index contributed by atoms with van der Waals surface area (Å²) >= 11 is 0. The molecule has 0 aliphatic rings. The largest absolute Gasteiger partial charge is 0.497 e. The topological polar surface area (TPSA) is 61.2 Å². The van der Waals surface area contributed by atoms with E-state index in [-0.39, 0.29) is 11.1 Å². The highest BCUT2D eigenvalue weighted by Gasteiger charge is 2.09. The maximum atomic E-state index is 12.0. The molecule has 21 heavy (non-hydrogen) atoms. The first-order valence-electron chi connectivity index (χ1n) is 6.91. The lowest BCUT2D eigenvalue weighted by molar-refractivity contribution is 0.112. The molecule has 5 nitrogen and oxygen atoms in total. The van der Waals surface area contributed by atoms with E-state index >= 15 is 0 Å². The van der Waals surface area contributed by atoms with Crippen molar-refractivity contribution in [2.75, 3.05) is 7.11 Å². The number of aryl methyl sites for hydroxylation is 1. The van der Waals surface area contributed by atoms with E-state index in [2.05, 4.69) is 5.10 Å². The molecule has 110 valence electrons. The van der Waals surface area contributed by atoms with Crippen molar-refractivity contribution < 1.29 is 9.53 Å². The monoisotopic (exact) mass is 286 g/mol. The summed E-state index contributed by atoms with van der Waals surface area (Å²) in [5, 5.41) is 4.35. The number of unbranched alkanes of at least 4 members (excludes halogenated alkanes) is 1. The minimum atomic E-state index is -0.337. The second-order valence-electron chi connectivity index (χ2n) is 4.71. The normalized spacial score (nSPS) is 10.4. The van der Waals surface area contributed by atoms with Gasteiger partial charge in [0.05, 0.1) is 18.4 Å². The van der Waals surface area contributed by atoms with Crippen molar-refractivity contribution in [3.63, 3.8) is 0 Å². The fraction of sp³-hybridized carbons (Fsp3) is 0.312. The second-order valence-corrected chi connectivity index (χ2v) is 4.71. The fourth-order valence-electron chi connectivity index (χ4n) is 2.01. The third-order valence-electron chi connectivity index (χ3n) is 3.24. The van der Waals surface area contributed by atoms with Crippen LogP contribution in [-0.4, -0.2) is 23.2 Å². The summed E-state index contributed by atoms with van der Waals surface area (Å²) < 4.78 is 6.48. The van der Waals surface area contributed by atoms with E-state index in [0.717, 1.165) is 24.2 Å². The number of aldehydes is 1. The maximum absolute atomic E-state index is 12.0. The zero-order valence-electron chi connectivity index (χ0n) is 12.2. The van der Waals surface area contributed by atoms with Crippen molar-refractivity contribution in [2.24, 2.45) is 0 Å². The molecule has 0 atom stereocenters. The Hall–Kier alpha value is -2.43. The van der Waals surface area contributed by atoms with Crippen LogP contribution < -0.4 is 10.3 Å². The van der Waals surface area contributed by atoms with Crippen LogP contribution in [0.4, 0.5) is 0 Å². The molecule has 2 aromatic rings. The SMILES string of the molecule is CCCCn1nc(-c2ccc(OC)cc2)cc(C=O)c1=O. The van der Waals surface area contributed by atoms with Gasteiger partial charge in [-0.25, -0.2) is 4.68 Å². The van der Waals surface area contributed by atoms with Crippen LogP contribution >= 0.6 is 0 Å². The zero-order valence-corrected chi connectivity index (χ0v) is 12.2. The Bertz CT molecular complexity index is 675. The standard InChI is InChI=1S/C16H18N2O3/c1-3-4-9-18-16(20)13(11-19)10-15(17-18)12-5-7-14(21-2)8-6-12/h5-8,10-11H,3-4,9H2,1-2H3. The van der Waals surface area contributed by atoms with Gasteiger partial charge in [-0.15, -0.1) is 0 Å². The summed E-state index contributed by atoms with van der Waals surface area (Å²) in [6.07, 6.45) is 2.38. The summed E-state index contributed by atoms with van der Waals surface area (Å²) in [6, 6.07) is 8.87. The number of carbonyl (C=O) groups excluding carboxylic acids is 1. The van der Waals surface area contributed by atoms with E-state index in [1.165, 1.54) is 10.7 Å². The first-order chi connectivity index (χ1) is 10.2. The smallest absolute Gasteiger partial charge is 0.277 e. The molecule has 0 bridgehead atoms. The van der Waals surface area contributed by atoms with Crippen molar-refractivity contribution >= 4 is 6.29 Å². The number of hydrogen-bond acceptors (Lipinski definition) is 4. The molecule has 1 aromatic carbocycles. The number of methoxy groups -OCH3 is 1. The average molecular weight is 286 g/mol. The molecule has 0 radical (unpaired) electrons. The van der Waals surface area contributed by atoms with Gasteiger partial charge in [0.1, 0.15) is 5.75 Å². The van der Waals surface area contributed by atoms with Gasteiger partial charge in [-0.3, -0.25) is 9.59 Å². The molecular weight excluding hydrogens is 268 g/mol. The van der Waals surface area contributed by atoms with E-state index in [1.807, 2.05) is 31.2 Å². The fourth-order valence-corrected chi connectivity index (χ4v) is 2.01. The average Bonchev–Trinajstić information content (AvgIpc) is 2.54. The molecule has 0 saturated carbocycles. The molecular formula is C16H18N2O3. The van der Waals surface area contributed by atoms with Crippen molar-refractivity contribution in [1.82, 2.24) is 9.78 Å². The highest BCUT2D eigenvalue weighted by Crippen LogP contribution is 2.20. The Labute approximate surface area is 123 Å². The van der Waals surface area contributed by atoms with Gasteiger partial charge < -0.3 is 4.74 Å². The van der Waals surface area contributed by atoms with Crippen LogP contribution in [0.3, 0.4) is 0 Å². The summed E-state index contributed by atoms with van der Waals surface area (Å²) in [6.45, 7) is 2.55. The van der Waals surface area contributed by atoms with Crippen LogP contribution in [0.15, 0.2) is 35.1 Å². The third kappa shape index (κ3) is 3.37. The first-order valence-corrected chi connectivity index (χ1v) is 6.91. The van der Waals surface area contributed by atoms with Crippen LogP contribution in [0.5, 0.6) is 5.75 Å². The van der Waals surface area contributed by atoms with E-state index in [9.17, 15) is 9.59 Å². The quantitative estimate of drug-likeness (QED) is 0.766. The van der Waals surface area contributed by atoms with Crippen LogP contribution in [0, 0.1) is 0 Å². The third-order valence-corrected chi connectivity index (χ3v) is 3.24. The molecule has 0 aliphatic heterocycles. The molecule has 0 N–H and O–H groups in total. The molecule has 0 saturated heterocycles. The molecule has 0 aliphatic carbocycles.